The van der Waals surface area contributed by atoms with Gasteiger partial charge in [-0.1, -0.05) is 20.8 Å². The SMILES string of the molecule is CN=C(NCC(=O)N(C)CC(F)(F)F)NCc1ncc(C(C)(C)C)o1. The van der Waals surface area contributed by atoms with Crippen molar-refractivity contribution in [2.45, 2.75) is 38.9 Å². The van der Waals surface area contributed by atoms with Crippen LogP contribution in [0.5, 0.6) is 0 Å². The molecule has 1 aromatic rings. The van der Waals surface area contributed by atoms with E-state index in [0.717, 1.165) is 12.8 Å². The third-order valence-corrected chi connectivity index (χ3v) is 3.17. The van der Waals surface area contributed by atoms with Gasteiger partial charge < -0.3 is 20.0 Å². The van der Waals surface area contributed by atoms with Crippen molar-refractivity contribution in [2.24, 2.45) is 4.99 Å². The fraction of sp³-hybridized carbons (Fsp3) is 0.667. The first kappa shape index (κ1) is 20.8. The molecule has 0 aliphatic heterocycles. The highest BCUT2D eigenvalue weighted by Gasteiger charge is 2.31. The van der Waals surface area contributed by atoms with Crippen LogP contribution in [0, 0.1) is 0 Å². The Morgan fingerprint density at radius 2 is 1.96 bits per heavy atom. The number of likely N-dealkylation sites (N-methyl/N-ethyl adjacent to an activating group) is 1. The molecule has 0 atom stereocenters. The monoisotopic (exact) mass is 363 g/mol. The summed E-state index contributed by atoms with van der Waals surface area (Å²) in [5, 5.41) is 5.54. The van der Waals surface area contributed by atoms with Crippen molar-refractivity contribution in [3.63, 3.8) is 0 Å². The molecule has 1 heterocycles. The molecule has 7 nitrogen and oxygen atoms in total. The molecule has 1 amide bonds. The Balaban J connectivity index is 2.47. The number of nitrogens with one attached hydrogen (secondary N) is 2. The summed E-state index contributed by atoms with van der Waals surface area (Å²) >= 11 is 0. The van der Waals surface area contributed by atoms with Crippen molar-refractivity contribution in [3.05, 3.63) is 17.8 Å². The lowest BCUT2D eigenvalue weighted by Crippen LogP contribution is -2.45. The normalized spacial score (nSPS) is 12.9. The van der Waals surface area contributed by atoms with Gasteiger partial charge in [0.05, 0.1) is 19.3 Å². The van der Waals surface area contributed by atoms with Crippen LogP contribution in [0.1, 0.15) is 32.4 Å². The van der Waals surface area contributed by atoms with Crippen molar-refractivity contribution < 1.29 is 22.4 Å². The molecule has 25 heavy (non-hydrogen) atoms. The summed E-state index contributed by atoms with van der Waals surface area (Å²) < 4.78 is 42.4. The number of rotatable bonds is 5. The number of hydrogen-bond donors (Lipinski definition) is 2. The molecule has 0 aromatic carbocycles. The molecular formula is C15H24F3N5O2. The Morgan fingerprint density at radius 3 is 2.44 bits per heavy atom. The van der Waals surface area contributed by atoms with Gasteiger partial charge in [0, 0.05) is 19.5 Å². The Kier molecular flexibility index (Phi) is 6.83. The van der Waals surface area contributed by atoms with E-state index < -0.39 is 18.6 Å². The third kappa shape index (κ3) is 7.44. The van der Waals surface area contributed by atoms with E-state index in [2.05, 4.69) is 20.6 Å². The highest BCUT2D eigenvalue weighted by Crippen LogP contribution is 2.22. The molecule has 0 aliphatic rings. The number of halogens is 3. The lowest BCUT2D eigenvalue weighted by molar-refractivity contribution is -0.157. The minimum Gasteiger partial charge on any atom is -0.443 e. The van der Waals surface area contributed by atoms with Crippen LogP contribution < -0.4 is 10.6 Å². The second-order valence-electron chi connectivity index (χ2n) is 6.51. The standard InChI is InChI=1S/C15H24F3N5O2/c1-14(2,3)10-6-20-11(25-10)7-21-13(19-4)22-8-12(24)23(5)9-15(16,17)18/h6H,7-9H2,1-5H3,(H2,19,21,22). The van der Waals surface area contributed by atoms with Crippen LogP contribution in [-0.4, -0.2) is 55.1 Å². The average Bonchev–Trinajstić information content (AvgIpc) is 2.94. The van der Waals surface area contributed by atoms with Gasteiger partial charge in [0.25, 0.3) is 0 Å². The smallest absolute Gasteiger partial charge is 0.406 e. The van der Waals surface area contributed by atoms with Gasteiger partial charge in [-0.05, 0) is 0 Å². The van der Waals surface area contributed by atoms with Crippen LogP contribution in [-0.2, 0) is 16.8 Å². The Hall–Kier alpha value is -2.26. The molecule has 0 spiro atoms. The van der Waals surface area contributed by atoms with E-state index in [1.165, 1.54) is 7.05 Å². The van der Waals surface area contributed by atoms with E-state index in [4.69, 9.17) is 4.42 Å². The van der Waals surface area contributed by atoms with E-state index in [0.29, 0.717) is 10.8 Å². The number of aliphatic imine (C=N–C) groups is 1. The van der Waals surface area contributed by atoms with E-state index in [1.807, 2.05) is 20.8 Å². The number of oxazole rings is 1. The number of nitrogens with zero attached hydrogens (tertiary/aromatic N) is 3. The van der Waals surface area contributed by atoms with Crippen LogP contribution in [0.15, 0.2) is 15.6 Å². The Labute approximate surface area is 144 Å². The molecule has 0 unspecified atom stereocenters. The zero-order chi connectivity index (χ0) is 19.3. The van der Waals surface area contributed by atoms with Crippen LogP contribution >= 0.6 is 0 Å². The Morgan fingerprint density at radius 1 is 1.32 bits per heavy atom. The maximum atomic E-state index is 12.3. The molecule has 0 aliphatic carbocycles. The van der Waals surface area contributed by atoms with E-state index in [9.17, 15) is 18.0 Å². The largest absolute Gasteiger partial charge is 0.443 e. The van der Waals surface area contributed by atoms with Gasteiger partial charge in [0.2, 0.25) is 11.8 Å². The molecule has 2 N–H and O–H groups in total. The Bertz CT molecular complexity index is 605. The van der Waals surface area contributed by atoms with E-state index in [1.54, 1.807) is 6.20 Å². The molecule has 1 rings (SSSR count). The minimum absolute atomic E-state index is 0.166. The van der Waals surface area contributed by atoms with Gasteiger partial charge in [-0.3, -0.25) is 9.79 Å². The molecule has 0 radical (unpaired) electrons. The van der Waals surface area contributed by atoms with Gasteiger partial charge in [0.15, 0.2) is 5.96 Å². The molecular weight excluding hydrogens is 339 g/mol. The number of alkyl halides is 3. The van der Waals surface area contributed by atoms with Gasteiger partial charge in [-0.25, -0.2) is 4.98 Å². The van der Waals surface area contributed by atoms with Crippen LogP contribution in [0.25, 0.3) is 0 Å². The highest BCUT2D eigenvalue weighted by atomic mass is 19.4. The first-order valence-electron chi connectivity index (χ1n) is 7.63. The van der Waals surface area contributed by atoms with Crippen LogP contribution in [0.2, 0.25) is 0 Å². The predicted octanol–water partition coefficient (Wildman–Crippen LogP) is 1.66. The van der Waals surface area contributed by atoms with E-state index in [-0.39, 0.29) is 24.5 Å². The first-order valence-corrected chi connectivity index (χ1v) is 7.63. The lowest BCUT2D eigenvalue weighted by atomic mass is 9.94. The maximum Gasteiger partial charge on any atom is 0.406 e. The van der Waals surface area contributed by atoms with Crippen molar-refractivity contribution in [1.29, 1.82) is 0 Å². The quantitative estimate of drug-likeness (QED) is 0.614. The minimum atomic E-state index is -4.43. The fourth-order valence-corrected chi connectivity index (χ4v) is 1.77. The average molecular weight is 363 g/mol. The van der Waals surface area contributed by atoms with Gasteiger partial charge in [-0.15, -0.1) is 0 Å². The number of carbonyl (C=O) groups is 1. The van der Waals surface area contributed by atoms with Crippen molar-refractivity contribution >= 4 is 11.9 Å². The fourth-order valence-electron chi connectivity index (χ4n) is 1.77. The van der Waals surface area contributed by atoms with Crippen molar-refractivity contribution in [3.8, 4) is 0 Å². The molecule has 0 saturated heterocycles. The summed E-state index contributed by atoms with van der Waals surface area (Å²) in [6, 6.07) is 0. The summed E-state index contributed by atoms with van der Waals surface area (Å²) in [4.78, 5) is 20.3. The topological polar surface area (TPSA) is 82.8 Å². The number of aromatic nitrogens is 1. The van der Waals surface area contributed by atoms with Gasteiger partial charge in [-0.2, -0.15) is 13.2 Å². The summed E-state index contributed by atoms with van der Waals surface area (Å²) in [6.07, 6.45) is -2.79. The number of hydrogen-bond acceptors (Lipinski definition) is 4. The van der Waals surface area contributed by atoms with E-state index >= 15 is 0 Å². The molecule has 0 saturated carbocycles. The molecule has 10 heteroatoms. The maximum absolute atomic E-state index is 12.3. The van der Waals surface area contributed by atoms with Crippen LogP contribution in [0.4, 0.5) is 13.2 Å². The molecule has 1 aromatic heterocycles. The zero-order valence-electron chi connectivity index (χ0n) is 15.0. The third-order valence-electron chi connectivity index (χ3n) is 3.17. The second-order valence-corrected chi connectivity index (χ2v) is 6.51. The molecule has 0 bridgehead atoms. The first-order chi connectivity index (χ1) is 11.4. The second kappa shape index (κ2) is 8.21. The number of guanidine groups is 1. The summed E-state index contributed by atoms with van der Waals surface area (Å²) in [6.45, 7) is 4.59. The van der Waals surface area contributed by atoms with Crippen molar-refractivity contribution in [1.82, 2.24) is 20.5 Å². The number of carbonyl (C=O) groups excluding carboxylic acids is 1. The zero-order valence-corrected chi connectivity index (χ0v) is 15.0. The highest BCUT2D eigenvalue weighted by molar-refractivity contribution is 5.86. The number of amides is 1. The van der Waals surface area contributed by atoms with Gasteiger partial charge in [0.1, 0.15) is 12.3 Å². The summed E-state index contributed by atoms with van der Waals surface area (Å²) in [5.41, 5.74) is -0.166. The summed E-state index contributed by atoms with van der Waals surface area (Å²) in [5.74, 6) is 0.722. The predicted molar refractivity (Wildman–Crippen MR) is 87.1 cm³/mol. The molecule has 142 valence electrons. The summed E-state index contributed by atoms with van der Waals surface area (Å²) in [7, 11) is 2.57. The van der Waals surface area contributed by atoms with Crippen LogP contribution in [0.3, 0.4) is 0 Å². The van der Waals surface area contributed by atoms with Gasteiger partial charge >= 0.3 is 6.18 Å². The lowest BCUT2D eigenvalue weighted by Gasteiger charge is -2.19. The van der Waals surface area contributed by atoms with Crippen molar-refractivity contribution in [2.75, 3.05) is 27.2 Å². The molecule has 0 fully saturated rings.